The quantitative estimate of drug-likeness (QED) is 0.756. The summed E-state index contributed by atoms with van der Waals surface area (Å²) in [6.07, 6.45) is 2.67. The third-order valence-corrected chi connectivity index (χ3v) is 4.55. The van der Waals surface area contributed by atoms with Crippen molar-refractivity contribution in [1.82, 2.24) is 15.5 Å². The van der Waals surface area contributed by atoms with Crippen LogP contribution >= 0.6 is 0 Å². The normalized spacial score (nSPS) is 27.4. The number of pyridine rings is 1. The van der Waals surface area contributed by atoms with E-state index in [4.69, 9.17) is 15.4 Å². The van der Waals surface area contributed by atoms with Crippen LogP contribution in [0, 0.1) is 5.92 Å². The van der Waals surface area contributed by atoms with Gasteiger partial charge in [0, 0.05) is 12.7 Å². The number of carboxylic acid groups (broad SMARTS) is 1. The molecule has 8 heteroatoms. The van der Waals surface area contributed by atoms with Crippen LogP contribution in [0.4, 0.5) is 16.4 Å². The van der Waals surface area contributed by atoms with Crippen LogP contribution in [0.3, 0.4) is 0 Å². The Hall–Kier alpha value is -2.51. The molecule has 0 radical (unpaired) electrons. The molecule has 4 N–H and O–H groups in total. The molecule has 3 atom stereocenters. The maximum atomic E-state index is 10.9. The van der Waals surface area contributed by atoms with E-state index in [1.807, 2.05) is 0 Å². The number of hydrogen-bond acceptors (Lipinski definition) is 6. The number of nitrogens with one attached hydrogen (secondary N) is 1. The minimum atomic E-state index is -0.978. The fraction of sp³-hybridized carbons (Fsp3) is 0.462. The summed E-state index contributed by atoms with van der Waals surface area (Å²) in [6, 6.07) is 1.82. The van der Waals surface area contributed by atoms with Gasteiger partial charge in [0.05, 0.1) is 17.5 Å². The molecule has 0 spiro atoms. The van der Waals surface area contributed by atoms with Crippen molar-refractivity contribution in [2.75, 3.05) is 17.2 Å². The van der Waals surface area contributed by atoms with E-state index in [9.17, 15) is 4.79 Å². The molecule has 0 unspecified atom stereocenters. The summed E-state index contributed by atoms with van der Waals surface area (Å²) < 4.78 is 5.30. The molecule has 8 nitrogen and oxygen atoms in total. The van der Waals surface area contributed by atoms with Gasteiger partial charge in [-0.1, -0.05) is 5.16 Å². The first kappa shape index (κ1) is 12.2. The zero-order chi connectivity index (χ0) is 14.6. The number of carbonyl (C=O) groups is 1. The van der Waals surface area contributed by atoms with Crippen LogP contribution in [0.15, 0.2) is 16.8 Å². The number of rotatable bonds is 2. The molecule has 4 rings (SSSR count). The number of nitrogens with zero attached hydrogens (tertiary/aromatic N) is 3. The second-order valence-corrected chi connectivity index (χ2v) is 5.61. The lowest BCUT2D eigenvalue weighted by molar-refractivity contribution is 0.188. The number of piperidine rings is 1. The Bertz CT molecular complexity index is 715. The molecule has 3 heterocycles. The number of hydrogen-bond donors (Lipinski definition) is 3. The van der Waals surface area contributed by atoms with Crippen LogP contribution in [-0.2, 0) is 0 Å². The Morgan fingerprint density at radius 3 is 3.19 bits per heavy atom. The zero-order valence-corrected chi connectivity index (χ0v) is 11.2. The van der Waals surface area contributed by atoms with Crippen molar-refractivity contribution in [3.63, 3.8) is 0 Å². The highest BCUT2D eigenvalue weighted by Crippen LogP contribution is 2.42. The van der Waals surface area contributed by atoms with Gasteiger partial charge in [-0.2, -0.15) is 0 Å². The summed E-state index contributed by atoms with van der Waals surface area (Å²) in [5.41, 5.74) is 6.34. The van der Waals surface area contributed by atoms with Crippen molar-refractivity contribution in [2.24, 2.45) is 5.92 Å². The monoisotopic (exact) mass is 289 g/mol. The van der Waals surface area contributed by atoms with Gasteiger partial charge in [0.1, 0.15) is 0 Å². The first-order valence-corrected chi connectivity index (χ1v) is 6.91. The second-order valence-electron chi connectivity index (χ2n) is 5.61. The van der Waals surface area contributed by atoms with E-state index < -0.39 is 6.09 Å². The molecule has 21 heavy (non-hydrogen) atoms. The van der Waals surface area contributed by atoms with E-state index in [1.54, 1.807) is 12.3 Å². The fourth-order valence-corrected chi connectivity index (χ4v) is 3.68. The SMILES string of the molecule is Nc1noc2c(N3C[C@@H]4CC[C@H]3[C@@H]4NC(=O)O)nccc12. The maximum Gasteiger partial charge on any atom is 0.404 e. The Labute approximate surface area is 119 Å². The number of nitrogens with two attached hydrogens (primary N) is 1. The zero-order valence-electron chi connectivity index (χ0n) is 11.2. The van der Waals surface area contributed by atoms with Gasteiger partial charge >= 0.3 is 6.09 Å². The molecule has 1 saturated heterocycles. The van der Waals surface area contributed by atoms with Crippen molar-refractivity contribution in [1.29, 1.82) is 0 Å². The summed E-state index contributed by atoms with van der Waals surface area (Å²) >= 11 is 0. The third-order valence-electron chi connectivity index (χ3n) is 4.55. The van der Waals surface area contributed by atoms with E-state index >= 15 is 0 Å². The minimum absolute atomic E-state index is 0.0557. The van der Waals surface area contributed by atoms with Crippen molar-refractivity contribution < 1.29 is 14.4 Å². The molecule has 2 fully saturated rings. The average molecular weight is 289 g/mol. The van der Waals surface area contributed by atoms with Gasteiger partial charge in [0.25, 0.3) is 0 Å². The van der Waals surface area contributed by atoms with Crippen molar-refractivity contribution in [2.45, 2.75) is 24.9 Å². The summed E-state index contributed by atoms with van der Waals surface area (Å²) in [7, 11) is 0. The number of fused-ring (bicyclic) bond motifs is 3. The first-order valence-electron chi connectivity index (χ1n) is 6.91. The molecule has 2 bridgehead atoms. The summed E-state index contributed by atoms with van der Waals surface area (Å²) in [5.74, 6) is 1.35. The van der Waals surface area contributed by atoms with Crippen molar-refractivity contribution in [3.8, 4) is 0 Å². The largest absolute Gasteiger partial charge is 0.465 e. The average Bonchev–Trinajstić information content (AvgIpc) is 3.12. The molecule has 0 aromatic carbocycles. The predicted octanol–water partition coefficient (Wildman–Crippen LogP) is 1.04. The van der Waals surface area contributed by atoms with Crippen LogP contribution in [0.2, 0.25) is 0 Å². The molecule has 2 aliphatic rings. The van der Waals surface area contributed by atoms with Gasteiger partial charge < -0.3 is 25.6 Å². The first-order chi connectivity index (χ1) is 10.1. The van der Waals surface area contributed by atoms with Gasteiger partial charge in [-0.05, 0) is 24.8 Å². The Kier molecular flexibility index (Phi) is 2.47. The molecule has 2 aromatic heterocycles. The van der Waals surface area contributed by atoms with E-state index in [0.29, 0.717) is 23.1 Å². The number of anilines is 2. The molecule has 1 aliphatic heterocycles. The standard InChI is InChI=1S/C13H15N5O3/c14-11-7-3-4-15-12(10(7)21-17-11)18-5-6-1-2-8(18)9(6)16-13(19)20/h3-4,6,8-9,16H,1-2,5H2,(H2,14,17)(H,19,20)/t6-,8-,9+/m0/s1. The lowest BCUT2D eigenvalue weighted by Gasteiger charge is -2.28. The highest BCUT2D eigenvalue weighted by atomic mass is 16.5. The Morgan fingerprint density at radius 1 is 1.52 bits per heavy atom. The topological polar surface area (TPSA) is 118 Å². The summed E-state index contributed by atoms with van der Waals surface area (Å²) in [4.78, 5) is 17.5. The van der Waals surface area contributed by atoms with Crippen LogP contribution in [0.25, 0.3) is 11.0 Å². The number of aromatic nitrogens is 2. The van der Waals surface area contributed by atoms with Gasteiger partial charge in [0.2, 0.25) is 5.58 Å². The minimum Gasteiger partial charge on any atom is -0.465 e. The maximum absolute atomic E-state index is 10.9. The lowest BCUT2D eigenvalue weighted by atomic mass is 10.1. The molecular formula is C13H15N5O3. The second kappa shape index (κ2) is 4.24. The molecule has 1 saturated carbocycles. The van der Waals surface area contributed by atoms with E-state index in [1.165, 1.54) is 0 Å². The van der Waals surface area contributed by atoms with Crippen molar-refractivity contribution in [3.05, 3.63) is 12.3 Å². The molecule has 1 aliphatic carbocycles. The van der Waals surface area contributed by atoms with Crippen LogP contribution < -0.4 is 16.0 Å². The van der Waals surface area contributed by atoms with Crippen molar-refractivity contribution >= 4 is 28.7 Å². The Balaban J connectivity index is 1.72. The predicted molar refractivity (Wildman–Crippen MR) is 75.0 cm³/mol. The third kappa shape index (κ3) is 1.71. The lowest BCUT2D eigenvalue weighted by Crippen LogP contribution is -2.43. The van der Waals surface area contributed by atoms with Gasteiger partial charge in [-0.25, -0.2) is 9.78 Å². The van der Waals surface area contributed by atoms with Gasteiger partial charge in [-0.15, -0.1) is 0 Å². The van der Waals surface area contributed by atoms with E-state index in [2.05, 4.69) is 20.4 Å². The van der Waals surface area contributed by atoms with Crippen LogP contribution in [-0.4, -0.2) is 40.0 Å². The Morgan fingerprint density at radius 2 is 2.38 bits per heavy atom. The summed E-state index contributed by atoms with van der Waals surface area (Å²) in [6.45, 7) is 0.766. The fourth-order valence-electron chi connectivity index (χ4n) is 3.68. The molecule has 1 amide bonds. The molecular weight excluding hydrogens is 274 g/mol. The number of amides is 1. The van der Waals surface area contributed by atoms with Crippen LogP contribution in [0.5, 0.6) is 0 Å². The van der Waals surface area contributed by atoms with Crippen LogP contribution in [0.1, 0.15) is 12.8 Å². The highest BCUT2D eigenvalue weighted by molar-refractivity contribution is 5.94. The van der Waals surface area contributed by atoms with Gasteiger partial charge in [0.15, 0.2) is 11.6 Å². The smallest absolute Gasteiger partial charge is 0.404 e. The van der Waals surface area contributed by atoms with E-state index in [0.717, 1.165) is 24.8 Å². The van der Waals surface area contributed by atoms with E-state index in [-0.39, 0.29) is 12.1 Å². The summed E-state index contributed by atoms with van der Waals surface area (Å²) in [5, 5.41) is 16.1. The molecule has 2 aromatic rings. The van der Waals surface area contributed by atoms with Gasteiger partial charge in [-0.3, -0.25) is 0 Å². The highest BCUT2D eigenvalue weighted by Gasteiger charge is 2.48. The molecule has 110 valence electrons. The number of nitrogen functional groups attached to an aromatic ring is 1.